The van der Waals surface area contributed by atoms with Crippen molar-refractivity contribution in [2.24, 2.45) is 5.73 Å². The lowest BCUT2D eigenvalue weighted by atomic mass is 10.0. The summed E-state index contributed by atoms with van der Waals surface area (Å²) in [4.78, 5) is 13.5. The lowest BCUT2D eigenvalue weighted by Crippen LogP contribution is -2.37. The van der Waals surface area contributed by atoms with Gasteiger partial charge in [0.1, 0.15) is 5.75 Å². The number of hydrogen-bond donors (Lipinski definition) is 2. The molecule has 0 spiro atoms. The number of alkyl carbamates (subject to hydrolysis) is 1. The second-order valence-corrected chi connectivity index (χ2v) is 5.25. The molecule has 1 saturated heterocycles. The topological polar surface area (TPSA) is 76.8 Å². The number of methoxy groups -OCH3 is 2. The second-order valence-electron chi connectivity index (χ2n) is 5.25. The van der Waals surface area contributed by atoms with Gasteiger partial charge in [-0.15, -0.1) is 0 Å². The first-order valence-corrected chi connectivity index (χ1v) is 7.08. The number of hydrogen-bond acceptors (Lipinski definition) is 5. The second kappa shape index (κ2) is 6.67. The molecule has 0 saturated carbocycles. The molecule has 21 heavy (non-hydrogen) atoms. The Kier molecular flexibility index (Phi) is 4.90. The van der Waals surface area contributed by atoms with Crippen LogP contribution in [0.15, 0.2) is 18.2 Å². The molecule has 1 aliphatic heterocycles. The molecule has 116 valence electrons. The number of carbonyl (C=O) groups is 1. The fourth-order valence-electron chi connectivity index (χ4n) is 2.77. The maximum Gasteiger partial charge on any atom is 0.407 e. The van der Waals surface area contributed by atoms with Gasteiger partial charge in [0.2, 0.25) is 0 Å². The highest BCUT2D eigenvalue weighted by Gasteiger charge is 2.27. The molecule has 2 rings (SSSR count). The summed E-state index contributed by atoms with van der Waals surface area (Å²) in [6.07, 6.45) is 0.491. The van der Waals surface area contributed by atoms with E-state index in [9.17, 15) is 4.79 Å². The Hall–Kier alpha value is -1.95. The number of nitrogens with two attached hydrogens (primary N) is 1. The van der Waals surface area contributed by atoms with Crippen LogP contribution in [0.1, 0.15) is 24.9 Å². The number of nitrogens with one attached hydrogen (secondary N) is 1. The lowest BCUT2D eigenvalue weighted by Gasteiger charge is -2.25. The van der Waals surface area contributed by atoms with Gasteiger partial charge < -0.3 is 25.4 Å². The number of amides is 1. The summed E-state index contributed by atoms with van der Waals surface area (Å²) in [6.45, 7) is 3.55. The normalized spacial score (nSPS) is 19.2. The Morgan fingerprint density at radius 3 is 2.86 bits per heavy atom. The number of anilines is 1. The third kappa shape index (κ3) is 3.39. The molecule has 1 aromatic rings. The van der Waals surface area contributed by atoms with Crippen LogP contribution in [0, 0.1) is 0 Å². The van der Waals surface area contributed by atoms with Crippen LogP contribution in [-0.2, 0) is 4.74 Å². The quantitative estimate of drug-likeness (QED) is 0.882. The number of nitrogens with zero attached hydrogens (tertiary/aromatic N) is 1. The van der Waals surface area contributed by atoms with Gasteiger partial charge in [0.15, 0.2) is 0 Å². The standard InChI is InChI=1S/C15H23N3O3/c1-10(16)14-12(5-4-6-13(14)20-2)18-8-7-11(9-18)17-15(19)21-3/h4-6,10-11H,7-9,16H2,1-3H3,(H,17,19)/t10-,11?/m0/s1. The maximum absolute atomic E-state index is 11.3. The molecular formula is C15H23N3O3. The molecule has 0 aromatic heterocycles. The molecule has 1 aliphatic rings. The molecule has 1 fully saturated rings. The molecule has 0 bridgehead atoms. The zero-order valence-corrected chi connectivity index (χ0v) is 12.8. The summed E-state index contributed by atoms with van der Waals surface area (Å²) >= 11 is 0. The predicted octanol–water partition coefficient (Wildman–Crippen LogP) is 1.65. The Bertz CT molecular complexity index is 505. The molecule has 2 atom stereocenters. The van der Waals surface area contributed by atoms with Crippen molar-refractivity contribution in [3.63, 3.8) is 0 Å². The summed E-state index contributed by atoms with van der Waals surface area (Å²) in [7, 11) is 3.02. The van der Waals surface area contributed by atoms with E-state index in [0.29, 0.717) is 0 Å². The average Bonchev–Trinajstić information content (AvgIpc) is 2.94. The highest BCUT2D eigenvalue weighted by atomic mass is 16.5. The van der Waals surface area contributed by atoms with Gasteiger partial charge in [0, 0.05) is 30.4 Å². The van der Waals surface area contributed by atoms with Gasteiger partial charge >= 0.3 is 6.09 Å². The smallest absolute Gasteiger partial charge is 0.407 e. The van der Waals surface area contributed by atoms with E-state index in [0.717, 1.165) is 36.5 Å². The molecule has 0 aliphatic carbocycles. The molecular weight excluding hydrogens is 270 g/mol. The fraction of sp³-hybridized carbons (Fsp3) is 0.533. The molecule has 1 amide bonds. The number of benzene rings is 1. The number of ether oxygens (including phenoxy) is 2. The van der Waals surface area contributed by atoms with E-state index in [-0.39, 0.29) is 18.2 Å². The summed E-state index contributed by atoms with van der Waals surface area (Å²) < 4.78 is 10.1. The van der Waals surface area contributed by atoms with Crippen molar-refractivity contribution in [2.75, 3.05) is 32.2 Å². The van der Waals surface area contributed by atoms with E-state index in [1.165, 1.54) is 7.11 Å². The van der Waals surface area contributed by atoms with Crippen LogP contribution < -0.4 is 20.7 Å². The highest BCUT2D eigenvalue weighted by Crippen LogP contribution is 2.35. The van der Waals surface area contributed by atoms with Crippen LogP contribution in [-0.4, -0.2) is 39.4 Å². The van der Waals surface area contributed by atoms with Crippen molar-refractivity contribution in [1.29, 1.82) is 0 Å². The van der Waals surface area contributed by atoms with Gasteiger partial charge in [-0.25, -0.2) is 4.79 Å². The minimum absolute atomic E-state index is 0.0876. The van der Waals surface area contributed by atoms with E-state index in [1.807, 2.05) is 25.1 Å². The third-order valence-corrected chi connectivity index (χ3v) is 3.75. The Balaban J connectivity index is 2.18. The predicted molar refractivity (Wildman–Crippen MR) is 81.8 cm³/mol. The van der Waals surface area contributed by atoms with Gasteiger partial charge in [-0.05, 0) is 25.5 Å². The molecule has 0 radical (unpaired) electrons. The summed E-state index contributed by atoms with van der Waals surface area (Å²) in [5.41, 5.74) is 8.17. The zero-order valence-electron chi connectivity index (χ0n) is 12.8. The van der Waals surface area contributed by atoms with Crippen LogP contribution in [0.4, 0.5) is 10.5 Å². The van der Waals surface area contributed by atoms with Gasteiger partial charge in [-0.2, -0.15) is 0 Å². The highest BCUT2D eigenvalue weighted by molar-refractivity contribution is 5.68. The van der Waals surface area contributed by atoms with E-state index in [4.69, 9.17) is 10.5 Å². The average molecular weight is 293 g/mol. The van der Waals surface area contributed by atoms with E-state index < -0.39 is 0 Å². The first-order chi connectivity index (χ1) is 10.1. The van der Waals surface area contributed by atoms with Crippen molar-refractivity contribution >= 4 is 11.8 Å². The van der Waals surface area contributed by atoms with E-state index in [1.54, 1.807) is 7.11 Å². The zero-order chi connectivity index (χ0) is 15.4. The SMILES string of the molecule is COC(=O)NC1CCN(c2cccc(OC)c2[C@H](C)N)C1. The van der Waals surface area contributed by atoms with Crippen LogP contribution in [0.2, 0.25) is 0 Å². The van der Waals surface area contributed by atoms with Crippen molar-refractivity contribution in [2.45, 2.75) is 25.4 Å². The third-order valence-electron chi connectivity index (χ3n) is 3.75. The van der Waals surface area contributed by atoms with Crippen LogP contribution in [0.3, 0.4) is 0 Å². The number of carbonyl (C=O) groups excluding carboxylic acids is 1. The lowest BCUT2D eigenvalue weighted by molar-refractivity contribution is 0.167. The Morgan fingerprint density at radius 2 is 2.24 bits per heavy atom. The Labute approximate surface area is 125 Å². The number of rotatable bonds is 4. The van der Waals surface area contributed by atoms with Crippen molar-refractivity contribution < 1.29 is 14.3 Å². The van der Waals surface area contributed by atoms with Crippen LogP contribution in [0.25, 0.3) is 0 Å². The fourth-order valence-corrected chi connectivity index (χ4v) is 2.77. The van der Waals surface area contributed by atoms with E-state index >= 15 is 0 Å². The molecule has 6 nitrogen and oxygen atoms in total. The maximum atomic E-state index is 11.3. The summed E-state index contributed by atoms with van der Waals surface area (Å²) in [6, 6.07) is 5.89. The first kappa shape index (κ1) is 15.4. The van der Waals surface area contributed by atoms with Gasteiger partial charge in [-0.1, -0.05) is 6.07 Å². The molecule has 1 unspecified atom stereocenters. The summed E-state index contributed by atoms with van der Waals surface area (Å²) in [5.74, 6) is 0.798. The molecule has 6 heteroatoms. The largest absolute Gasteiger partial charge is 0.496 e. The minimum atomic E-state index is -0.389. The summed E-state index contributed by atoms with van der Waals surface area (Å²) in [5, 5.41) is 2.84. The monoisotopic (exact) mass is 293 g/mol. The first-order valence-electron chi connectivity index (χ1n) is 7.08. The van der Waals surface area contributed by atoms with E-state index in [2.05, 4.69) is 15.0 Å². The minimum Gasteiger partial charge on any atom is -0.496 e. The molecule has 1 aromatic carbocycles. The van der Waals surface area contributed by atoms with Crippen molar-refractivity contribution in [3.8, 4) is 5.75 Å². The molecule has 1 heterocycles. The molecule has 3 N–H and O–H groups in total. The van der Waals surface area contributed by atoms with Crippen molar-refractivity contribution in [1.82, 2.24) is 5.32 Å². The van der Waals surface area contributed by atoms with Crippen LogP contribution >= 0.6 is 0 Å². The van der Waals surface area contributed by atoms with Gasteiger partial charge in [0.25, 0.3) is 0 Å². The van der Waals surface area contributed by atoms with Gasteiger partial charge in [0.05, 0.1) is 20.3 Å². The Morgan fingerprint density at radius 1 is 1.48 bits per heavy atom. The van der Waals surface area contributed by atoms with Crippen LogP contribution in [0.5, 0.6) is 5.75 Å². The van der Waals surface area contributed by atoms with Gasteiger partial charge in [-0.3, -0.25) is 0 Å². The van der Waals surface area contributed by atoms with Crippen molar-refractivity contribution in [3.05, 3.63) is 23.8 Å².